The lowest BCUT2D eigenvalue weighted by molar-refractivity contribution is 0.154. The second-order valence-electron chi connectivity index (χ2n) is 5.69. The normalized spacial score (nSPS) is 15.3. The topological polar surface area (TPSA) is 54.0 Å². The maximum absolute atomic E-state index is 12.1. The largest absolute Gasteiger partial charge is 0.493 e. The number of likely N-dealkylation sites (N-methyl/N-ethyl adjacent to an activating group) is 1. The first kappa shape index (κ1) is 17.4. The molecule has 0 saturated carbocycles. The van der Waals surface area contributed by atoms with E-state index in [0.29, 0.717) is 13.2 Å². The molecule has 6 heteroatoms. The number of nitrogens with one attached hydrogen (secondary N) is 1. The highest BCUT2D eigenvalue weighted by atomic mass is 16.5. The third-order valence-corrected chi connectivity index (χ3v) is 4.01. The second kappa shape index (κ2) is 8.62. The summed E-state index contributed by atoms with van der Waals surface area (Å²) < 4.78 is 10.9. The van der Waals surface area contributed by atoms with E-state index in [-0.39, 0.29) is 6.03 Å². The Bertz CT molecular complexity index is 514. The number of amides is 2. The quantitative estimate of drug-likeness (QED) is 0.864. The summed E-state index contributed by atoms with van der Waals surface area (Å²) in [6.45, 7) is 6.62. The van der Waals surface area contributed by atoms with Crippen molar-refractivity contribution in [1.29, 1.82) is 0 Å². The van der Waals surface area contributed by atoms with Crippen LogP contribution < -0.4 is 14.8 Å². The van der Waals surface area contributed by atoms with Gasteiger partial charge in [0.05, 0.1) is 13.7 Å². The van der Waals surface area contributed by atoms with Gasteiger partial charge in [0.2, 0.25) is 0 Å². The van der Waals surface area contributed by atoms with E-state index in [0.717, 1.165) is 49.7 Å². The van der Waals surface area contributed by atoms with Gasteiger partial charge >= 0.3 is 6.03 Å². The number of piperazine rings is 1. The van der Waals surface area contributed by atoms with Crippen LogP contribution in [0.1, 0.15) is 12.5 Å². The lowest BCUT2D eigenvalue weighted by Crippen LogP contribution is -2.50. The summed E-state index contributed by atoms with van der Waals surface area (Å²) in [7, 11) is 3.71. The van der Waals surface area contributed by atoms with Crippen molar-refractivity contribution >= 4 is 6.03 Å². The van der Waals surface area contributed by atoms with Gasteiger partial charge in [0.1, 0.15) is 0 Å². The maximum Gasteiger partial charge on any atom is 0.317 e. The van der Waals surface area contributed by atoms with Gasteiger partial charge in [-0.05, 0) is 38.1 Å². The summed E-state index contributed by atoms with van der Waals surface area (Å²) in [6.07, 6.45) is 0.766. The van der Waals surface area contributed by atoms with Crippen molar-refractivity contribution in [1.82, 2.24) is 15.1 Å². The zero-order valence-corrected chi connectivity index (χ0v) is 14.3. The van der Waals surface area contributed by atoms with Crippen LogP contribution in [0.25, 0.3) is 0 Å². The first-order chi connectivity index (χ1) is 11.1. The Morgan fingerprint density at radius 3 is 2.61 bits per heavy atom. The minimum absolute atomic E-state index is 0.0241. The molecule has 23 heavy (non-hydrogen) atoms. The molecule has 1 heterocycles. The van der Waals surface area contributed by atoms with E-state index < -0.39 is 0 Å². The van der Waals surface area contributed by atoms with Crippen molar-refractivity contribution in [3.63, 3.8) is 0 Å². The van der Waals surface area contributed by atoms with Crippen LogP contribution in [0.5, 0.6) is 11.5 Å². The predicted octanol–water partition coefficient (Wildman–Crippen LogP) is 1.59. The number of nitrogens with zero attached hydrogens (tertiary/aromatic N) is 2. The number of benzene rings is 1. The van der Waals surface area contributed by atoms with Crippen LogP contribution in [0.4, 0.5) is 4.79 Å². The van der Waals surface area contributed by atoms with E-state index in [2.05, 4.69) is 17.3 Å². The molecule has 0 aromatic heterocycles. The summed E-state index contributed by atoms with van der Waals surface area (Å²) in [5.41, 5.74) is 1.11. The molecule has 1 fully saturated rings. The predicted molar refractivity (Wildman–Crippen MR) is 90.3 cm³/mol. The van der Waals surface area contributed by atoms with Gasteiger partial charge in [0, 0.05) is 32.7 Å². The van der Waals surface area contributed by atoms with Crippen LogP contribution in [0.15, 0.2) is 18.2 Å². The minimum atomic E-state index is 0.0241. The average Bonchev–Trinajstić information content (AvgIpc) is 2.56. The molecule has 6 nitrogen and oxygen atoms in total. The Kier molecular flexibility index (Phi) is 6.52. The van der Waals surface area contributed by atoms with E-state index in [1.165, 1.54) is 0 Å². The molecule has 0 spiro atoms. The number of methoxy groups -OCH3 is 1. The molecule has 0 aliphatic carbocycles. The number of urea groups is 1. The Labute approximate surface area is 138 Å². The fourth-order valence-corrected chi connectivity index (χ4v) is 2.58. The fraction of sp³-hybridized carbons (Fsp3) is 0.588. The van der Waals surface area contributed by atoms with Crippen molar-refractivity contribution in [3.05, 3.63) is 23.8 Å². The molecule has 1 aliphatic rings. The van der Waals surface area contributed by atoms with Crippen molar-refractivity contribution in [2.45, 2.75) is 13.3 Å². The lowest BCUT2D eigenvalue weighted by Gasteiger charge is -2.32. The smallest absolute Gasteiger partial charge is 0.317 e. The van der Waals surface area contributed by atoms with Crippen LogP contribution >= 0.6 is 0 Å². The van der Waals surface area contributed by atoms with E-state index in [4.69, 9.17) is 9.47 Å². The third kappa shape index (κ3) is 5.03. The van der Waals surface area contributed by atoms with Crippen molar-refractivity contribution in [2.75, 3.05) is 53.5 Å². The minimum Gasteiger partial charge on any atom is -0.493 e. The molecule has 0 unspecified atom stereocenters. The average molecular weight is 321 g/mol. The number of carbonyl (C=O) groups excluding carboxylic acids is 1. The third-order valence-electron chi connectivity index (χ3n) is 4.01. The lowest BCUT2D eigenvalue weighted by atomic mass is 10.1. The number of hydrogen-bond donors (Lipinski definition) is 1. The Morgan fingerprint density at radius 1 is 1.22 bits per heavy atom. The summed E-state index contributed by atoms with van der Waals surface area (Å²) in [6, 6.07) is 5.92. The molecule has 0 atom stereocenters. The van der Waals surface area contributed by atoms with E-state index in [1.807, 2.05) is 30.0 Å². The molecule has 0 bridgehead atoms. The monoisotopic (exact) mass is 321 g/mol. The highest BCUT2D eigenvalue weighted by Crippen LogP contribution is 2.28. The molecule has 1 saturated heterocycles. The van der Waals surface area contributed by atoms with Gasteiger partial charge in [-0.15, -0.1) is 0 Å². The summed E-state index contributed by atoms with van der Waals surface area (Å²) >= 11 is 0. The molecule has 0 radical (unpaired) electrons. The second-order valence-corrected chi connectivity index (χ2v) is 5.69. The number of ether oxygens (including phenoxy) is 2. The number of hydrogen-bond acceptors (Lipinski definition) is 4. The Balaban J connectivity index is 1.80. The summed E-state index contributed by atoms with van der Waals surface area (Å²) in [4.78, 5) is 16.2. The highest BCUT2D eigenvalue weighted by Gasteiger charge is 2.18. The highest BCUT2D eigenvalue weighted by molar-refractivity contribution is 5.74. The van der Waals surface area contributed by atoms with Gasteiger partial charge in [0.15, 0.2) is 11.5 Å². The van der Waals surface area contributed by atoms with Gasteiger partial charge < -0.3 is 24.6 Å². The molecule has 1 N–H and O–H groups in total. The molecule has 1 aliphatic heterocycles. The Morgan fingerprint density at radius 2 is 1.96 bits per heavy atom. The van der Waals surface area contributed by atoms with Crippen molar-refractivity contribution in [3.8, 4) is 11.5 Å². The molecular weight excluding hydrogens is 294 g/mol. The molecule has 1 aromatic rings. The first-order valence-electron chi connectivity index (χ1n) is 8.15. The van der Waals surface area contributed by atoms with Crippen LogP contribution in [0.3, 0.4) is 0 Å². The molecule has 1 aromatic carbocycles. The van der Waals surface area contributed by atoms with Gasteiger partial charge in [0.25, 0.3) is 0 Å². The molecule has 2 rings (SSSR count). The van der Waals surface area contributed by atoms with Crippen molar-refractivity contribution < 1.29 is 14.3 Å². The van der Waals surface area contributed by atoms with Gasteiger partial charge in [-0.2, -0.15) is 0 Å². The van der Waals surface area contributed by atoms with E-state index >= 15 is 0 Å². The molecule has 2 amide bonds. The van der Waals surface area contributed by atoms with Crippen LogP contribution in [0.2, 0.25) is 0 Å². The van der Waals surface area contributed by atoms with Crippen LogP contribution in [0, 0.1) is 0 Å². The van der Waals surface area contributed by atoms with Gasteiger partial charge in [-0.3, -0.25) is 0 Å². The summed E-state index contributed by atoms with van der Waals surface area (Å²) in [5.74, 6) is 1.48. The van der Waals surface area contributed by atoms with Crippen LogP contribution in [-0.2, 0) is 6.42 Å². The van der Waals surface area contributed by atoms with Crippen molar-refractivity contribution in [2.24, 2.45) is 0 Å². The van der Waals surface area contributed by atoms with Gasteiger partial charge in [-0.25, -0.2) is 4.79 Å². The maximum atomic E-state index is 12.1. The summed E-state index contributed by atoms with van der Waals surface area (Å²) in [5, 5.41) is 2.99. The molecule has 128 valence electrons. The number of carbonyl (C=O) groups is 1. The van der Waals surface area contributed by atoms with E-state index in [9.17, 15) is 4.79 Å². The Hall–Kier alpha value is -1.95. The van der Waals surface area contributed by atoms with Gasteiger partial charge in [-0.1, -0.05) is 6.07 Å². The SMILES string of the molecule is CCOc1ccc(CCNC(=O)N2CCN(C)CC2)cc1OC. The van der Waals surface area contributed by atoms with E-state index in [1.54, 1.807) is 7.11 Å². The molecular formula is C17H27N3O3. The zero-order valence-electron chi connectivity index (χ0n) is 14.3. The number of rotatable bonds is 6. The fourth-order valence-electron chi connectivity index (χ4n) is 2.58. The zero-order chi connectivity index (χ0) is 16.7. The van der Waals surface area contributed by atoms with Crippen LogP contribution in [-0.4, -0.2) is 69.3 Å². The first-order valence-corrected chi connectivity index (χ1v) is 8.15. The standard InChI is InChI=1S/C17H27N3O3/c1-4-23-15-6-5-14(13-16(15)22-3)7-8-18-17(21)20-11-9-19(2)10-12-20/h5-6,13H,4,7-12H2,1-3H3,(H,18,21).